The Bertz CT molecular complexity index is 537. The van der Waals surface area contributed by atoms with Crippen LogP contribution >= 0.6 is 11.3 Å². The second kappa shape index (κ2) is 5.05. The molecule has 0 fully saturated rings. The first-order chi connectivity index (χ1) is 8.19. The minimum atomic E-state index is -0.942. The fourth-order valence-electron chi connectivity index (χ4n) is 1.26. The number of benzene rings is 1. The van der Waals surface area contributed by atoms with E-state index in [1.165, 1.54) is 17.4 Å². The van der Waals surface area contributed by atoms with Gasteiger partial charge in [0, 0.05) is 10.9 Å². The van der Waals surface area contributed by atoms with E-state index in [-0.39, 0.29) is 12.4 Å². The van der Waals surface area contributed by atoms with Gasteiger partial charge in [0.15, 0.2) is 17.9 Å². The van der Waals surface area contributed by atoms with Gasteiger partial charge >= 0.3 is 0 Å². The number of halogens is 2. The number of aldehydes is 1. The highest BCUT2D eigenvalue weighted by atomic mass is 32.1. The standard InChI is InChI=1S/C12H8F2O2S/c13-11-4-1-8(5-12(11)14)16-7-10-3-2-9(6-15)17-10/h1-6H,7H2. The molecule has 1 heterocycles. The summed E-state index contributed by atoms with van der Waals surface area (Å²) in [4.78, 5) is 11.9. The number of hydrogen-bond acceptors (Lipinski definition) is 3. The van der Waals surface area contributed by atoms with Crippen molar-refractivity contribution < 1.29 is 18.3 Å². The van der Waals surface area contributed by atoms with Crippen LogP contribution in [0.5, 0.6) is 5.75 Å². The van der Waals surface area contributed by atoms with Gasteiger partial charge in [-0.15, -0.1) is 11.3 Å². The van der Waals surface area contributed by atoms with Crippen molar-refractivity contribution in [1.82, 2.24) is 0 Å². The van der Waals surface area contributed by atoms with E-state index < -0.39 is 11.6 Å². The number of rotatable bonds is 4. The minimum Gasteiger partial charge on any atom is -0.488 e. The smallest absolute Gasteiger partial charge is 0.162 e. The summed E-state index contributed by atoms with van der Waals surface area (Å²) in [5, 5.41) is 0. The van der Waals surface area contributed by atoms with Crippen LogP contribution in [0.25, 0.3) is 0 Å². The summed E-state index contributed by atoms with van der Waals surface area (Å²) in [5.74, 6) is -1.59. The zero-order chi connectivity index (χ0) is 12.3. The van der Waals surface area contributed by atoms with Crippen molar-refractivity contribution in [2.24, 2.45) is 0 Å². The van der Waals surface area contributed by atoms with E-state index in [0.717, 1.165) is 23.3 Å². The number of hydrogen-bond donors (Lipinski definition) is 0. The van der Waals surface area contributed by atoms with Crippen LogP contribution < -0.4 is 4.74 Å². The Morgan fingerprint density at radius 2 is 2.00 bits per heavy atom. The fraction of sp³-hybridized carbons (Fsp3) is 0.0833. The van der Waals surface area contributed by atoms with E-state index in [9.17, 15) is 13.6 Å². The molecule has 5 heteroatoms. The highest BCUT2D eigenvalue weighted by molar-refractivity contribution is 7.13. The highest BCUT2D eigenvalue weighted by Gasteiger charge is 2.04. The molecule has 0 saturated carbocycles. The quantitative estimate of drug-likeness (QED) is 0.781. The minimum absolute atomic E-state index is 0.226. The van der Waals surface area contributed by atoms with Crippen LogP contribution in [0, 0.1) is 11.6 Å². The third kappa shape index (κ3) is 2.88. The van der Waals surface area contributed by atoms with E-state index >= 15 is 0 Å². The second-order valence-electron chi connectivity index (χ2n) is 3.29. The van der Waals surface area contributed by atoms with Gasteiger partial charge in [0.25, 0.3) is 0 Å². The molecule has 0 saturated heterocycles. The third-order valence-electron chi connectivity index (χ3n) is 2.07. The highest BCUT2D eigenvalue weighted by Crippen LogP contribution is 2.19. The third-order valence-corrected chi connectivity index (χ3v) is 3.05. The van der Waals surface area contributed by atoms with Crippen molar-refractivity contribution in [3.63, 3.8) is 0 Å². The number of thiophene rings is 1. The lowest BCUT2D eigenvalue weighted by molar-refractivity contribution is 0.112. The molecule has 0 atom stereocenters. The Morgan fingerprint density at radius 1 is 1.18 bits per heavy atom. The maximum absolute atomic E-state index is 12.9. The van der Waals surface area contributed by atoms with Crippen molar-refractivity contribution in [1.29, 1.82) is 0 Å². The van der Waals surface area contributed by atoms with Crippen molar-refractivity contribution >= 4 is 17.6 Å². The van der Waals surface area contributed by atoms with Crippen LogP contribution in [0.2, 0.25) is 0 Å². The Balaban J connectivity index is 2.01. The largest absolute Gasteiger partial charge is 0.488 e. The lowest BCUT2D eigenvalue weighted by Crippen LogP contribution is -1.94. The predicted octanol–water partition coefficient (Wildman–Crippen LogP) is 3.42. The van der Waals surface area contributed by atoms with Crippen LogP contribution in [0.15, 0.2) is 30.3 Å². The lowest BCUT2D eigenvalue weighted by Gasteiger charge is -2.04. The number of ether oxygens (including phenoxy) is 1. The zero-order valence-electron chi connectivity index (χ0n) is 8.65. The molecule has 2 rings (SSSR count). The zero-order valence-corrected chi connectivity index (χ0v) is 9.47. The van der Waals surface area contributed by atoms with Gasteiger partial charge < -0.3 is 4.74 Å². The molecular weight excluding hydrogens is 246 g/mol. The summed E-state index contributed by atoms with van der Waals surface area (Å²) < 4.78 is 30.8. The number of carbonyl (C=O) groups excluding carboxylic acids is 1. The molecule has 0 aliphatic heterocycles. The van der Waals surface area contributed by atoms with Gasteiger partial charge in [0.05, 0.1) is 4.88 Å². The van der Waals surface area contributed by atoms with E-state index in [1.54, 1.807) is 12.1 Å². The normalized spacial score (nSPS) is 10.2. The summed E-state index contributed by atoms with van der Waals surface area (Å²) >= 11 is 1.30. The molecule has 2 aromatic rings. The van der Waals surface area contributed by atoms with Crippen LogP contribution in [-0.4, -0.2) is 6.29 Å². The first-order valence-electron chi connectivity index (χ1n) is 4.81. The maximum atomic E-state index is 12.9. The summed E-state index contributed by atoms with van der Waals surface area (Å²) in [6.07, 6.45) is 0.756. The molecule has 0 unspecified atom stereocenters. The van der Waals surface area contributed by atoms with Crippen LogP contribution in [0.3, 0.4) is 0 Å². The first-order valence-corrected chi connectivity index (χ1v) is 5.62. The summed E-state index contributed by atoms with van der Waals surface area (Å²) in [6, 6.07) is 6.79. The van der Waals surface area contributed by atoms with Crippen LogP contribution in [0.4, 0.5) is 8.78 Å². The van der Waals surface area contributed by atoms with Gasteiger partial charge in [-0.2, -0.15) is 0 Å². The van der Waals surface area contributed by atoms with Gasteiger partial charge in [-0.05, 0) is 24.3 Å². The van der Waals surface area contributed by atoms with Gasteiger partial charge in [-0.3, -0.25) is 4.79 Å². The van der Waals surface area contributed by atoms with E-state index in [1.807, 2.05) is 0 Å². The van der Waals surface area contributed by atoms with Gasteiger partial charge in [0.1, 0.15) is 12.4 Å². The van der Waals surface area contributed by atoms with E-state index in [4.69, 9.17) is 4.74 Å². The average molecular weight is 254 g/mol. The van der Waals surface area contributed by atoms with Crippen molar-refractivity contribution in [3.8, 4) is 5.75 Å². The van der Waals surface area contributed by atoms with Crippen molar-refractivity contribution in [2.45, 2.75) is 6.61 Å². The molecule has 0 radical (unpaired) electrons. The van der Waals surface area contributed by atoms with Crippen molar-refractivity contribution in [2.75, 3.05) is 0 Å². The Morgan fingerprint density at radius 3 is 2.65 bits per heavy atom. The second-order valence-corrected chi connectivity index (χ2v) is 4.49. The molecule has 0 N–H and O–H groups in total. The topological polar surface area (TPSA) is 26.3 Å². The molecule has 0 aliphatic carbocycles. The molecule has 0 spiro atoms. The summed E-state index contributed by atoms with van der Waals surface area (Å²) in [7, 11) is 0. The molecule has 1 aromatic carbocycles. The molecule has 1 aromatic heterocycles. The monoisotopic (exact) mass is 254 g/mol. The lowest BCUT2D eigenvalue weighted by atomic mass is 10.3. The van der Waals surface area contributed by atoms with Gasteiger partial charge in [-0.25, -0.2) is 8.78 Å². The Hall–Kier alpha value is -1.75. The van der Waals surface area contributed by atoms with Crippen LogP contribution in [0.1, 0.15) is 14.5 Å². The SMILES string of the molecule is O=Cc1ccc(COc2ccc(F)c(F)c2)s1. The van der Waals surface area contributed by atoms with Gasteiger partial charge in [0.2, 0.25) is 0 Å². The Labute approximate surface area is 100 Å². The molecule has 88 valence electrons. The molecule has 0 aliphatic rings. The first kappa shape index (κ1) is 11.7. The van der Waals surface area contributed by atoms with Crippen LogP contribution in [-0.2, 0) is 6.61 Å². The Kier molecular flexibility index (Phi) is 3.49. The molecule has 0 bridgehead atoms. The molecule has 17 heavy (non-hydrogen) atoms. The maximum Gasteiger partial charge on any atom is 0.162 e. The van der Waals surface area contributed by atoms with E-state index in [2.05, 4.69) is 0 Å². The molecular formula is C12H8F2O2S. The summed E-state index contributed by atoms with van der Waals surface area (Å²) in [5.41, 5.74) is 0. The van der Waals surface area contributed by atoms with E-state index in [0.29, 0.717) is 4.88 Å². The summed E-state index contributed by atoms with van der Waals surface area (Å²) in [6.45, 7) is 0.226. The van der Waals surface area contributed by atoms with Gasteiger partial charge in [-0.1, -0.05) is 0 Å². The predicted molar refractivity (Wildman–Crippen MR) is 60.4 cm³/mol. The molecule has 2 nitrogen and oxygen atoms in total. The van der Waals surface area contributed by atoms with Crippen molar-refractivity contribution in [3.05, 3.63) is 51.7 Å². The average Bonchev–Trinajstić information content (AvgIpc) is 2.79. The molecule has 0 amide bonds. The fourth-order valence-corrected chi connectivity index (χ4v) is 2.00. The number of carbonyl (C=O) groups is 1.